The molecule has 1 aliphatic carbocycles. The van der Waals surface area contributed by atoms with Gasteiger partial charge in [-0.05, 0) is 78.1 Å². The highest BCUT2D eigenvalue weighted by Crippen LogP contribution is 2.43. The standard InChI is InChI=1S/C30H31N7/c1-4-27-32-28-19(2)16-20(3)31-30(28)37(27)18-21-10-12-23(13-11-21)25-15-14-24(22-8-6-5-7-9-22)17-26(25)29-33-35-36-34-29/h5-13,16,24H,4,14-15,17-18H2,1-3H3,(H,33,34,35,36). The van der Waals surface area contributed by atoms with Gasteiger partial charge in [0.2, 0.25) is 5.82 Å². The van der Waals surface area contributed by atoms with Gasteiger partial charge in [0.15, 0.2) is 5.65 Å². The van der Waals surface area contributed by atoms with Gasteiger partial charge in [-0.15, -0.1) is 10.2 Å². The van der Waals surface area contributed by atoms with Crippen molar-refractivity contribution in [1.82, 2.24) is 35.2 Å². The van der Waals surface area contributed by atoms with Crippen LogP contribution in [-0.4, -0.2) is 35.2 Å². The van der Waals surface area contributed by atoms with Crippen LogP contribution >= 0.6 is 0 Å². The Morgan fingerprint density at radius 1 is 0.973 bits per heavy atom. The van der Waals surface area contributed by atoms with Crippen LogP contribution < -0.4 is 0 Å². The molecule has 0 amide bonds. The monoisotopic (exact) mass is 489 g/mol. The Morgan fingerprint density at radius 3 is 2.51 bits per heavy atom. The normalized spacial score (nSPS) is 16.0. The second-order valence-electron chi connectivity index (χ2n) is 9.96. The van der Waals surface area contributed by atoms with Gasteiger partial charge in [0.25, 0.3) is 0 Å². The van der Waals surface area contributed by atoms with Crippen molar-refractivity contribution in [3.8, 4) is 0 Å². The molecular weight excluding hydrogens is 458 g/mol. The molecule has 6 rings (SSSR count). The molecule has 3 heterocycles. The summed E-state index contributed by atoms with van der Waals surface area (Å²) >= 11 is 0. The number of imidazole rings is 1. The smallest absolute Gasteiger partial charge is 0.200 e. The first kappa shape index (κ1) is 23.3. The fraction of sp³-hybridized carbons (Fsp3) is 0.300. The molecule has 0 fully saturated rings. The van der Waals surface area contributed by atoms with Gasteiger partial charge in [-0.2, -0.15) is 5.21 Å². The predicted octanol–water partition coefficient (Wildman–Crippen LogP) is 6.05. The van der Waals surface area contributed by atoms with Crippen LogP contribution in [0, 0.1) is 13.8 Å². The zero-order valence-electron chi connectivity index (χ0n) is 21.6. The highest BCUT2D eigenvalue weighted by Gasteiger charge is 2.26. The summed E-state index contributed by atoms with van der Waals surface area (Å²) in [7, 11) is 0. The lowest BCUT2D eigenvalue weighted by atomic mass is 9.78. The van der Waals surface area contributed by atoms with Crippen LogP contribution in [0.4, 0.5) is 0 Å². The van der Waals surface area contributed by atoms with Gasteiger partial charge in [-0.25, -0.2) is 9.97 Å². The topological polar surface area (TPSA) is 85.2 Å². The Balaban J connectivity index is 1.33. The van der Waals surface area contributed by atoms with Crippen molar-refractivity contribution in [2.24, 2.45) is 0 Å². The lowest BCUT2D eigenvalue weighted by Gasteiger charge is -2.27. The summed E-state index contributed by atoms with van der Waals surface area (Å²) in [6.07, 6.45) is 3.87. The van der Waals surface area contributed by atoms with Crippen molar-refractivity contribution in [1.29, 1.82) is 0 Å². The van der Waals surface area contributed by atoms with Gasteiger partial charge < -0.3 is 4.57 Å². The van der Waals surface area contributed by atoms with Crippen molar-refractivity contribution in [3.05, 3.63) is 100 Å². The number of allylic oxidation sites excluding steroid dienone is 2. The Kier molecular flexibility index (Phi) is 6.12. The lowest BCUT2D eigenvalue weighted by molar-refractivity contribution is 0.632. The Morgan fingerprint density at radius 2 is 1.78 bits per heavy atom. The minimum atomic E-state index is 0.458. The summed E-state index contributed by atoms with van der Waals surface area (Å²) in [4.78, 5) is 9.73. The van der Waals surface area contributed by atoms with Crippen LogP contribution in [0.2, 0.25) is 0 Å². The number of tetrazole rings is 1. The quantitative estimate of drug-likeness (QED) is 0.314. The maximum atomic E-state index is 4.90. The largest absolute Gasteiger partial charge is 0.308 e. The van der Waals surface area contributed by atoms with Gasteiger partial charge in [-0.3, -0.25) is 0 Å². The van der Waals surface area contributed by atoms with Crippen molar-refractivity contribution in [2.45, 2.75) is 58.9 Å². The van der Waals surface area contributed by atoms with E-state index in [1.54, 1.807) is 0 Å². The van der Waals surface area contributed by atoms with Crippen LogP contribution in [-0.2, 0) is 13.0 Å². The molecule has 1 unspecified atom stereocenters. The van der Waals surface area contributed by atoms with Gasteiger partial charge in [0.1, 0.15) is 11.3 Å². The van der Waals surface area contributed by atoms with Crippen LogP contribution in [0.5, 0.6) is 0 Å². The first-order chi connectivity index (χ1) is 18.1. The average Bonchev–Trinajstić information content (AvgIpc) is 3.58. The maximum absolute atomic E-state index is 4.90. The molecule has 1 N–H and O–H groups in total. The van der Waals surface area contributed by atoms with E-state index in [1.807, 2.05) is 6.92 Å². The third kappa shape index (κ3) is 4.46. The summed E-state index contributed by atoms with van der Waals surface area (Å²) in [5, 5.41) is 15.2. The summed E-state index contributed by atoms with van der Waals surface area (Å²) in [5.74, 6) is 2.23. The number of pyridine rings is 1. The van der Waals surface area contributed by atoms with E-state index < -0.39 is 0 Å². The number of aryl methyl sites for hydroxylation is 3. The molecule has 1 atom stereocenters. The fourth-order valence-electron chi connectivity index (χ4n) is 5.66. The van der Waals surface area contributed by atoms with E-state index in [9.17, 15) is 0 Å². The van der Waals surface area contributed by atoms with E-state index in [0.29, 0.717) is 11.7 Å². The Hall–Kier alpha value is -4.13. The van der Waals surface area contributed by atoms with E-state index in [-0.39, 0.29) is 0 Å². The highest BCUT2D eigenvalue weighted by atomic mass is 15.5. The molecule has 0 saturated heterocycles. The van der Waals surface area contributed by atoms with Crippen LogP contribution in [0.3, 0.4) is 0 Å². The highest BCUT2D eigenvalue weighted by molar-refractivity contribution is 5.90. The number of nitrogens with one attached hydrogen (secondary N) is 1. The third-order valence-electron chi connectivity index (χ3n) is 7.50. The number of nitrogens with zero attached hydrogens (tertiary/aromatic N) is 6. The number of rotatable bonds is 6. The molecule has 3 aromatic heterocycles. The maximum Gasteiger partial charge on any atom is 0.200 e. The molecule has 0 aliphatic heterocycles. The minimum absolute atomic E-state index is 0.458. The average molecular weight is 490 g/mol. The first-order valence-electron chi connectivity index (χ1n) is 13.0. The number of benzene rings is 2. The molecule has 2 aromatic carbocycles. The number of hydrogen-bond acceptors (Lipinski definition) is 5. The molecule has 5 aromatic rings. The number of fused-ring (bicyclic) bond motifs is 1. The van der Waals surface area contributed by atoms with Gasteiger partial charge in [0, 0.05) is 17.7 Å². The van der Waals surface area contributed by atoms with Gasteiger partial charge in [-0.1, -0.05) is 61.5 Å². The van der Waals surface area contributed by atoms with Crippen LogP contribution in [0.25, 0.3) is 22.3 Å². The second kappa shape index (κ2) is 9.73. The number of H-pyrrole nitrogens is 1. The fourth-order valence-corrected chi connectivity index (χ4v) is 5.66. The summed E-state index contributed by atoms with van der Waals surface area (Å²) < 4.78 is 2.26. The molecule has 0 bridgehead atoms. The van der Waals surface area contributed by atoms with E-state index >= 15 is 0 Å². The molecule has 7 nitrogen and oxygen atoms in total. The molecule has 1 aliphatic rings. The predicted molar refractivity (Wildman–Crippen MR) is 146 cm³/mol. The zero-order valence-corrected chi connectivity index (χ0v) is 21.6. The van der Waals surface area contributed by atoms with Crippen LogP contribution in [0.1, 0.15) is 71.7 Å². The van der Waals surface area contributed by atoms with Crippen molar-refractivity contribution in [3.63, 3.8) is 0 Å². The van der Waals surface area contributed by atoms with Gasteiger partial charge in [0.05, 0.1) is 6.54 Å². The minimum Gasteiger partial charge on any atom is -0.308 e. The Bertz CT molecular complexity index is 1560. The van der Waals surface area contributed by atoms with E-state index in [2.05, 4.69) is 99.7 Å². The summed E-state index contributed by atoms with van der Waals surface area (Å²) in [6.45, 7) is 7.07. The Labute approximate surface area is 216 Å². The molecule has 37 heavy (non-hydrogen) atoms. The van der Waals surface area contributed by atoms with E-state index in [4.69, 9.17) is 9.97 Å². The number of hydrogen-bond donors (Lipinski definition) is 1. The lowest BCUT2D eigenvalue weighted by Crippen LogP contribution is -2.10. The second-order valence-corrected chi connectivity index (χ2v) is 9.96. The van der Waals surface area contributed by atoms with E-state index in [1.165, 1.54) is 33.4 Å². The molecule has 7 heteroatoms. The summed E-state index contributed by atoms with van der Waals surface area (Å²) in [6, 6.07) is 21.8. The van der Waals surface area contributed by atoms with E-state index in [0.717, 1.165) is 54.9 Å². The number of aromatic amines is 1. The summed E-state index contributed by atoms with van der Waals surface area (Å²) in [5.41, 5.74) is 10.5. The SMILES string of the molecule is CCc1nc2c(C)cc(C)nc2n1Cc1ccc(C2=C(c3nn[nH]n3)CC(c3ccccc3)CC2)cc1. The molecule has 0 radical (unpaired) electrons. The van der Waals surface area contributed by atoms with Crippen molar-refractivity contribution >= 4 is 22.3 Å². The zero-order chi connectivity index (χ0) is 25.4. The van der Waals surface area contributed by atoms with Gasteiger partial charge >= 0.3 is 0 Å². The molecule has 0 saturated carbocycles. The van der Waals surface area contributed by atoms with Crippen molar-refractivity contribution in [2.75, 3.05) is 0 Å². The number of aromatic nitrogens is 7. The molecular formula is C30H31N7. The molecule has 186 valence electrons. The molecule has 0 spiro atoms. The third-order valence-corrected chi connectivity index (χ3v) is 7.50. The van der Waals surface area contributed by atoms with Crippen LogP contribution in [0.15, 0.2) is 60.7 Å². The first-order valence-corrected chi connectivity index (χ1v) is 13.0. The van der Waals surface area contributed by atoms with Crippen molar-refractivity contribution < 1.29 is 0 Å².